The summed E-state index contributed by atoms with van der Waals surface area (Å²) in [5.74, 6) is 0.00704. The Hall–Kier alpha value is -2.94. The molecular formula is C30H40N2O10S. The fourth-order valence-corrected chi connectivity index (χ4v) is 8.14. The maximum atomic E-state index is 14.2. The van der Waals surface area contributed by atoms with Crippen LogP contribution in [0.1, 0.15) is 32.3 Å². The highest BCUT2D eigenvalue weighted by Gasteiger charge is 2.56. The molecule has 0 aromatic heterocycles. The lowest BCUT2D eigenvalue weighted by Crippen LogP contribution is -2.66. The van der Waals surface area contributed by atoms with Crippen LogP contribution in [0.3, 0.4) is 0 Å². The van der Waals surface area contributed by atoms with Crippen LogP contribution in [0.4, 0.5) is 4.79 Å². The highest BCUT2D eigenvalue weighted by Crippen LogP contribution is 2.44. The molecule has 3 heterocycles. The average Bonchev–Trinajstić information content (AvgIpc) is 3.69. The Kier molecular flexibility index (Phi) is 9.21. The maximum Gasteiger partial charge on any atom is 0.405 e. The van der Waals surface area contributed by atoms with Crippen molar-refractivity contribution in [2.45, 2.75) is 55.9 Å². The van der Waals surface area contributed by atoms with Crippen LogP contribution in [0.15, 0.2) is 53.4 Å². The van der Waals surface area contributed by atoms with Gasteiger partial charge in [0.1, 0.15) is 0 Å². The summed E-state index contributed by atoms with van der Waals surface area (Å²) < 4.78 is 52.0. The summed E-state index contributed by atoms with van der Waals surface area (Å²) in [6.07, 6.45) is -2.36. The van der Waals surface area contributed by atoms with Gasteiger partial charge >= 0.3 is 6.09 Å². The van der Waals surface area contributed by atoms with Gasteiger partial charge in [-0.2, -0.15) is 4.31 Å². The second-order valence-electron chi connectivity index (χ2n) is 12.2. The van der Waals surface area contributed by atoms with Crippen LogP contribution < -0.4 is 14.8 Å². The number of rotatable bonds is 13. The lowest BCUT2D eigenvalue weighted by atomic mass is 9.69. The molecule has 43 heavy (non-hydrogen) atoms. The van der Waals surface area contributed by atoms with Crippen LogP contribution in [-0.4, -0.2) is 91.8 Å². The second kappa shape index (κ2) is 12.6. The van der Waals surface area contributed by atoms with E-state index in [2.05, 4.69) is 5.32 Å². The molecule has 4 N–H and O–H groups in total. The molecular weight excluding hydrogens is 580 g/mol. The molecule has 0 spiro atoms. The number of ether oxygens (including phenoxy) is 4. The van der Waals surface area contributed by atoms with E-state index in [1.165, 1.54) is 22.5 Å². The number of nitrogens with zero attached hydrogens (tertiary/aromatic N) is 1. The van der Waals surface area contributed by atoms with Crippen molar-refractivity contribution in [3.63, 3.8) is 0 Å². The maximum absolute atomic E-state index is 14.2. The first kappa shape index (κ1) is 31.5. The first-order valence-electron chi connectivity index (χ1n) is 14.4. The summed E-state index contributed by atoms with van der Waals surface area (Å²) >= 11 is 0. The summed E-state index contributed by atoms with van der Waals surface area (Å²) in [6.45, 7) is 3.57. The van der Waals surface area contributed by atoms with E-state index < -0.39 is 51.9 Å². The second-order valence-corrected chi connectivity index (χ2v) is 14.2. The molecule has 0 radical (unpaired) electrons. The third-order valence-corrected chi connectivity index (χ3v) is 10.5. The zero-order chi connectivity index (χ0) is 30.8. The zero-order valence-corrected chi connectivity index (χ0v) is 25.2. The molecule has 0 aliphatic carbocycles. The number of nitrogens with one attached hydrogen (secondary N) is 1. The minimum absolute atomic E-state index is 0.0248. The Morgan fingerprint density at radius 1 is 1.12 bits per heavy atom. The van der Waals surface area contributed by atoms with E-state index in [4.69, 9.17) is 18.9 Å². The summed E-state index contributed by atoms with van der Waals surface area (Å²) in [7, 11) is -4.25. The van der Waals surface area contributed by atoms with Gasteiger partial charge in [-0.1, -0.05) is 44.2 Å². The molecule has 5 atom stereocenters. The van der Waals surface area contributed by atoms with Crippen molar-refractivity contribution in [2.24, 2.45) is 17.3 Å². The molecule has 2 aromatic rings. The summed E-state index contributed by atoms with van der Waals surface area (Å²) in [5, 5.41) is 34.6. The topological polar surface area (TPSA) is 164 Å². The Bertz CT molecular complexity index is 1390. The van der Waals surface area contributed by atoms with Crippen molar-refractivity contribution in [1.82, 2.24) is 9.62 Å². The number of hydrogen-bond acceptors (Lipinski definition) is 9. The van der Waals surface area contributed by atoms with Crippen LogP contribution >= 0.6 is 0 Å². The first-order valence-corrected chi connectivity index (χ1v) is 15.9. The minimum Gasteiger partial charge on any atom is -0.465 e. The Labute approximate surface area is 251 Å². The molecule has 13 heteroatoms. The van der Waals surface area contributed by atoms with Gasteiger partial charge < -0.3 is 39.6 Å². The largest absolute Gasteiger partial charge is 0.465 e. The van der Waals surface area contributed by atoms with Gasteiger partial charge in [0, 0.05) is 37.6 Å². The number of fused-ring (bicyclic) bond motifs is 2. The number of carbonyl (C=O) groups is 1. The van der Waals surface area contributed by atoms with Crippen LogP contribution in [0.5, 0.6) is 11.5 Å². The normalized spacial score (nSPS) is 23.6. The fraction of sp³-hybridized carbons (Fsp3) is 0.567. The van der Waals surface area contributed by atoms with Gasteiger partial charge in [-0.05, 0) is 42.4 Å². The van der Waals surface area contributed by atoms with Gasteiger partial charge in [-0.25, -0.2) is 13.2 Å². The lowest BCUT2D eigenvalue weighted by Gasteiger charge is -2.45. The Morgan fingerprint density at radius 3 is 2.58 bits per heavy atom. The molecule has 0 saturated carbocycles. The van der Waals surface area contributed by atoms with Crippen LogP contribution in [0.25, 0.3) is 0 Å². The Morgan fingerprint density at radius 2 is 1.86 bits per heavy atom. The van der Waals surface area contributed by atoms with Crippen molar-refractivity contribution in [3.8, 4) is 11.5 Å². The molecule has 12 nitrogen and oxygen atoms in total. The van der Waals surface area contributed by atoms with Crippen molar-refractivity contribution < 1.29 is 47.5 Å². The minimum atomic E-state index is -4.25. The molecule has 2 aromatic carbocycles. The van der Waals surface area contributed by atoms with Crippen molar-refractivity contribution in [3.05, 3.63) is 54.1 Å². The van der Waals surface area contributed by atoms with Crippen LogP contribution in [-0.2, 0) is 25.9 Å². The van der Waals surface area contributed by atoms with Crippen molar-refractivity contribution >= 4 is 16.1 Å². The predicted molar refractivity (Wildman–Crippen MR) is 154 cm³/mol. The molecule has 0 bridgehead atoms. The lowest BCUT2D eigenvalue weighted by molar-refractivity contribution is -0.0907. The Balaban J connectivity index is 1.56. The van der Waals surface area contributed by atoms with E-state index in [1.807, 2.05) is 44.2 Å². The van der Waals surface area contributed by atoms with Gasteiger partial charge in [0.25, 0.3) is 0 Å². The van der Waals surface area contributed by atoms with E-state index in [1.54, 1.807) is 0 Å². The number of benzene rings is 2. The number of amides is 1. The number of aliphatic hydroxyl groups excluding tert-OH is 2. The van der Waals surface area contributed by atoms with Crippen LogP contribution in [0, 0.1) is 17.3 Å². The fourth-order valence-electron chi connectivity index (χ4n) is 6.49. The quantitative estimate of drug-likeness (QED) is 0.262. The smallest absolute Gasteiger partial charge is 0.405 e. The summed E-state index contributed by atoms with van der Waals surface area (Å²) in [4.78, 5) is 12.3. The number of hydrogen-bond donors (Lipinski definition) is 4. The highest BCUT2D eigenvalue weighted by atomic mass is 32.2. The summed E-state index contributed by atoms with van der Waals surface area (Å²) in [5.41, 5.74) is -1.44. The third-order valence-electron chi connectivity index (χ3n) is 8.73. The van der Waals surface area contributed by atoms with Crippen molar-refractivity contribution in [2.75, 3.05) is 39.7 Å². The van der Waals surface area contributed by atoms with E-state index >= 15 is 0 Å². The van der Waals surface area contributed by atoms with E-state index in [0.29, 0.717) is 25.2 Å². The molecule has 3 aliphatic heterocycles. The molecule has 236 valence electrons. The molecule has 3 aliphatic rings. The van der Waals surface area contributed by atoms with Gasteiger partial charge in [-0.3, -0.25) is 0 Å². The van der Waals surface area contributed by atoms with E-state index in [-0.39, 0.29) is 49.5 Å². The first-order chi connectivity index (χ1) is 20.4. The molecule has 5 rings (SSSR count). The number of carboxylic acid groups (broad SMARTS) is 1. The highest BCUT2D eigenvalue weighted by molar-refractivity contribution is 7.89. The van der Waals surface area contributed by atoms with Crippen LogP contribution in [0.2, 0.25) is 0 Å². The zero-order valence-electron chi connectivity index (χ0n) is 24.3. The standard InChI is InChI=1S/C30H40N2O10S/c1-29(2,11-12-33)18-32(43(37,38)21-8-9-24-25(14-21)42-19-41-24)16-26(34)30(31-28(35)36,15-20-6-4-3-5-7-20)23-17-40-27-22(23)10-13-39-27/h3-9,14,22-23,26-27,31,33-34H,10-13,15-19H2,1-2H3,(H,35,36)/t22-,23+,26+,27+,30-/m0/s1. The average molecular weight is 621 g/mol. The predicted octanol–water partition coefficient (Wildman–Crippen LogP) is 2.43. The van der Waals surface area contributed by atoms with E-state index in [0.717, 1.165) is 5.56 Å². The molecule has 2 saturated heterocycles. The monoisotopic (exact) mass is 620 g/mol. The van der Waals surface area contributed by atoms with Gasteiger partial charge in [0.15, 0.2) is 17.8 Å². The van der Waals surface area contributed by atoms with E-state index in [9.17, 15) is 28.5 Å². The SMILES string of the molecule is CC(C)(CCO)CN(C[C@@H](O)[C@@](Cc1ccccc1)(NC(=O)O)[C@@H]1CO[C@H]2OCC[C@H]21)S(=O)(=O)c1ccc2c(c1)OCO2. The number of sulfonamides is 1. The van der Waals surface area contributed by atoms with Gasteiger partial charge in [-0.15, -0.1) is 0 Å². The molecule has 1 amide bonds. The summed E-state index contributed by atoms with van der Waals surface area (Å²) in [6, 6.07) is 13.5. The molecule has 0 unspecified atom stereocenters. The van der Waals surface area contributed by atoms with Gasteiger partial charge in [0.05, 0.1) is 29.8 Å². The number of aliphatic hydroxyl groups is 2. The molecule has 2 fully saturated rings. The van der Waals surface area contributed by atoms with Gasteiger partial charge in [0.2, 0.25) is 16.8 Å². The third kappa shape index (κ3) is 6.61. The van der Waals surface area contributed by atoms with Crippen molar-refractivity contribution in [1.29, 1.82) is 0 Å².